The molecule has 0 atom stereocenters. The van der Waals surface area contributed by atoms with Crippen LogP contribution in [0.2, 0.25) is 0 Å². The molecule has 0 N–H and O–H groups in total. The van der Waals surface area contributed by atoms with E-state index in [0.717, 1.165) is 34.6 Å². The minimum Gasteiger partial charge on any atom is -0.386 e. The van der Waals surface area contributed by atoms with Crippen molar-refractivity contribution in [3.8, 4) is 0 Å². The Hall–Kier alpha value is -3.66. The highest BCUT2D eigenvalue weighted by Gasteiger charge is 2.29. The van der Waals surface area contributed by atoms with Crippen LogP contribution in [0, 0.1) is 0 Å². The monoisotopic (exact) mass is 673 g/mol. The Balaban J connectivity index is 1.21. The van der Waals surface area contributed by atoms with E-state index in [4.69, 9.17) is 4.74 Å². The lowest BCUT2D eigenvalue weighted by molar-refractivity contribution is 0.0391. The van der Waals surface area contributed by atoms with Gasteiger partial charge in [-0.3, -0.25) is 0 Å². The second kappa shape index (κ2) is 18.0. The lowest BCUT2D eigenvalue weighted by atomic mass is 9.85. The number of carbonyl (C=O) groups is 2. The van der Waals surface area contributed by atoms with Gasteiger partial charge in [0.2, 0.25) is 0 Å². The zero-order valence-electron chi connectivity index (χ0n) is 30.9. The number of nitrogens with zero attached hydrogens (tertiary/aromatic N) is 1. The number of hydrogen-bond donors (Lipinski definition) is 0. The summed E-state index contributed by atoms with van der Waals surface area (Å²) in [5, 5.41) is 8.85. The summed E-state index contributed by atoms with van der Waals surface area (Å²) in [4.78, 5) is 28.2. The van der Waals surface area contributed by atoms with E-state index in [1.807, 2.05) is 12.1 Å². The minimum atomic E-state index is -0.555. The van der Waals surface area contributed by atoms with E-state index < -0.39 is 11.9 Å². The summed E-state index contributed by atoms with van der Waals surface area (Å²) in [5.74, 6) is -1.11. The molecule has 266 valence electrons. The summed E-state index contributed by atoms with van der Waals surface area (Å²) >= 11 is 0. The number of rotatable bonds is 23. The van der Waals surface area contributed by atoms with Crippen molar-refractivity contribution in [1.82, 2.24) is 0 Å². The number of fused-ring (bicyclic) bond motifs is 2. The van der Waals surface area contributed by atoms with E-state index in [9.17, 15) is 9.59 Å². The van der Waals surface area contributed by atoms with Crippen molar-refractivity contribution in [3.05, 3.63) is 65.7 Å². The molecule has 0 aliphatic carbocycles. The highest BCUT2D eigenvalue weighted by Crippen LogP contribution is 2.45. The molecular formula is C46H59NO3. The molecule has 0 fully saturated rings. The second-order valence-electron chi connectivity index (χ2n) is 15.0. The predicted octanol–water partition coefficient (Wildman–Crippen LogP) is 13.7. The zero-order chi connectivity index (χ0) is 34.7. The molecule has 1 aliphatic rings. The average molecular weight is 674 g/mol. The summed E-state index contributed by atoms with van der Waals surface area (Å²) in [7, 11) is 0. The Morgan fingerprint density at radius 2 is 0.820 bits per heavy atom. The van der Waals surface area contributed by atoms with E-state index >= 15 is 0 Å². The number of cyclic esters (lactones) is 2. The first-order chi connectivity index (χ1) is 24.6. The smallest absolute Gasteiger partial charge is 0.346 e. The van der Waals surface area contributed by atoms with Gasteiger partial charge in [0.15, 0.2) is 0 Å². The SMILES string of the molecule is CCCCCCCCCCCCN(CCCCCCCCCCCC)c1ccc2c3ccc4c5c(ccc(c6cccc1c62)c53)C(=O)OC4=O. The van der Waals surface area contributed by atoms with E-state index in [-0.39, 0.29) is 0 Å². The third-order valence-corrected chi connectivity index (χ3v) is 11.3. The summed E-state index contributed by atoms with van der Waals surface area (Å²) in [6, 6.07) is 19.1. The Morgan fingerprint density at radius 1 is 0.420 bits per heavy atom. The normalized spacial score (nSPS) is 13.0. The van der Waals surface area contributed by atoms with Crippen molar-refractivity contribution in [3.63, 3.8) is 0 Å². The second-order valence-corrected chi connectivity index (χ2v) is 15.0. The highest BCUT2D eigenvalue weighted by molar-refractivity contribution is 6.37. The quantitative estimate of drug-likeness (QED) is 0.0228. The molecule has 1 heterocycles. The fourth-order valence-corrected chi connectivity index (χ4v) is 8.53. The fraction of sp³-hybridized carbons (Fsp3) is 0.522. The molecule has 0 bridgehead atoms. The van der Waals surface area contributed by atoms with Gasteiger partial charge >= 0.3 is 11.9 Å². The van der Waals surface area contributed by atoms with Gasteiger partial charge in [-0.15, -0.1) is 0 Å². The van der Waals surface area contributed by atoms with Gasteiger partial charge in [-0.2, -0.15) is 0 Å². The fourth-order valence-electron chi connectivity index (χ4n) is 8.53. The third kappa shape index (κ3) is 8.11. The lowest BCUT2D eigenvalue weighted by Gasteiger charge is -2.28. The first-order valence-corrected chi connectivity index (χ1v) is 20.3. The maximum absolute atomic E-state index is 12.7. The number of anilines is 1. The number of carbonyl (C=O) groups excluding carboxylic acids is 2. The molecule has 0 aromatic heterocycles. The summed E-state index contributed by atoms with van der Waals surface area (Å²) in [5.41, 5.74) is 2.29. The van der Waals surface area contributed by atoms with Gasteiger partial charge in [0, 0.05) is 29.5 Å². The van der Waals surface area contributed by atoms with Crippen molar-refractivity contribution in [2.45, 2.75) is 142 Å². The van der Waals surface area contributed by atoms with E-state index in [2.05, 4.69) is 61.2 Å². The van der Waals surface area contributed by atoms with Crippen LogP contribution in [0.15, 0.2) is 54.6 Å². The maximum Gasteiger partial charge on any atom is 0.346 e. The summed E-state index contributed by atoms with van der Waals surface area (Å²) < 4.78 is 5.07. The molecule has 50 heavy (non-hydrogen) atoms. The Labute approximate surface area is 300 Å². The van der Waals surface area contributed by atoms with Crippen molar-refractivity contribution in [1.29, 1.82) is 0 Å². The minimum absolute atomic E-state index is 0.478. The lowest BCUT2D eigenvalue weighted by Crippen LogP contribution is -2.26. The molecule has 0 unspecified atom stereocenters. The molecular weight excluding hydrogens is 615 g/mol. The molecule has 0 radical (unpaired) electrons. The van der Waals surface area contributed by atoms with Gasteiger partial charge in [-0.1, -0.05) is 166 Å². The average Bonchev–Trinajstić information content (AvgIpc) is 3.13. The number of ether oxygens (including phenoxy) is 1. The van der Waals surface area contributed by atoms with Crippen LogP contribution in [-0.4, -0.2) is 25.0 Å². The first-order valence-electron chi connectivity index (χ1n) is 20.3. The van der Waals surface area contributed by atoms with Crippen LogP contribution in [0.5, 0.6) is 0 Å². The standard InChI is InChI=1S/C46H59NO3/c1-3-5-7-9-11-13-15-17-19-21-32-47(33-22-20-18-16-14-12-10-8-6-4-2)41-31-30-35-37-27-29-40-44-39(45(48)50-46(40)49)28-26-36(43(37)44)34-24-23-25-38(41)42(34)35/h23-31H,3-22,32-33H2,1-2H3. The Kier molecular flexibility index (Phi) is 13.0. The number of unbranched alkanes of at least 4 members (excludes halogenated alkanes) is 18. The van der Waals surface area contributed by atoms with Gasteiger partial charge in [-0.25, -0.2) is 9.59 Å². The van der Waals surface area contributed by atoms with Gasteiger partial charge in [0.25, 0.3) is 0 Å². The van der Waals surface area contributed by atoms with E-state index in [1.54, 1.807) is 0 Å². The van der Waals surface area contributed by atoms with Crippen molar-refractivity contribution in [2.24, 2.45) is 0 Å². The van der Waals surface area contributed by atoms with Crippen LogP contribution in [0.4, 0.5) is 5.69 Å². The largest absolute Gasteiger partial charge is 0.386 e. The van der Waals surface area contributed by atoms with E-state index in [1.165, 1.54) is 156 Å². The Morgan fingerprint density at radius 3 is 1.32 bits per heavy atom. The number of esters is 2. The zero-order valence-corrected chi connectivity index (χ0v) is 30.9. The first kappa shape index (κ1) is 36.1. The molecule has 6 rings (SSSR count). The van der Waals surface area contributed by atoms with Gasteiger partial charge < -0.3 is 9.64 Å². The van der Waals surface area contributed by atoms with Crippen LogP contribution in [0.3, 0.4) is 0 Å². The maximum atomic E-state index is 12.7. The summed E-state index contributed by atoms with van der Waals surface area (Å²) in [6.45, 7) is 6.77. The molecule has 0 saturated heterocycles. The molecule has 0 amide bonds. The van der Waals surface area contributed by atoms with Crippen molar-refractivity contribution < 1.29 is 14.3 Å². The molecule has 5 aromatic carbocycles. The van der Waals surface area contributed by atoms with Crippen LogP contribution in [-0.2, 0) is 4.74 Å². The van der Waals surface area contributed by atoms with Crippen LogP contribution < -0.4 is 4.90 Å². The predicted molar refractivity (Wildman–Crippen MR) is 213 cm³/mol. The van der Waals surface area contributed by atoms with Crippen LogP contribution in [0.1, 0.15) is 163 Å². The van der Waals surface area contributed by atoms with Crippen LogP contribution in [0.25, 0.3) is 43.1 Å². The number of hydrogen-bond acceptors (Lipinski definition) is 4. The van der Waals surface area contributed by atoms with Crippen molar-refractivity contribution in [2.75, 3.05) is 18.0 Å². The Bertz CT molecular complexity index is 1780. The topological polar surface area (TPSA) is 46.6 Å². The van der Waals surface area contributed by atoms with Gasteiger partial charge in [-0.05, 0) is 63.4 Å². The molecule has 4 nitrogen and oxygen atoms in total. The van der Waals surface area contributed by atoms with E-state index in [0.29, 0.717) is 11.1 Å². The molecule has 0 spiro atoms. The van der Waals surface area contributed by atoms with Gasteiger partial charge in [0.05, 0.1) is 11.1 Å². The van der Waals surface area contributed by atoms with Crippen LogP contribution >= 0.6 is 0 Å². The van der Waals surface area contributed by atoms with Gasteiger partial charge in [0.1, 0.15) is 0 Å². The molecule has 5 aromatic rings. The third-order valence-electron chi connectivity index (χ3n) is 11.3. The number of benzene rings is 5. The molecule has 1 aliphatic heterocycles. The van der Waals surface area contributed by atoms with Crippen molar-refractivity contribution >= 4 is 60.7 Å². The molecule has 0 saturated carbocycles. The highest BCUT2D eigenvalue weighted by atomic mass is 16.6. The molecule has 4 heteroatoms. The summed E-state index contributed by atoms with van der Waals surface area (Å²) in [6.07, 6.45) is 27.0.